The summed E-state index contributed by atoms with van der Waals surface area (Å²) < 4.78 is 5.00. The molecule has 0 aliphatic heterocycles. The fourth-order valence-corrected chi connectivity index (χ4v) is 2.14. The minimum absolute atomic E-state index is 0.261. The largest absolute Gasteiger partial charge is 0.482 e. The Morgan fingerprint density at radius 1 is 1.11 bits per heavy atom. The Balaban J connectivity index is 1.77. The third-order valence-corrected chi connectivity index (χ3v) is 3.50. The predicted octanol–water partition coefficient (Wildman–Crippen LogP) is 1.68. The van der Waals surface area contributed by atoms with Gasteiger partial charge in [0.2, 0.25) is 0 Å². The van der Waals surface area contributed by atoms with Gasteiger partial charge in [-0.3, -0.25) is 9.59 Å². The SMILES string of the molecule is O=C(O)COc1ccc(/C=N/NC(=O)CNC(=O)c2ccccc2Cl)cc1. The molecule has 0 saturated carbocycles. The molecule has 2 aromatic carbocycles. The lowest BCUT2D eigenvalue weighted by molar-refractivity contribution is -0.139. The minimum Gasteiger partial charge on any atom is -0.482 e. The van der Waals surface area contributed by atoms with Crippen LogP contribution in [0.2, 0.25) is 5.02 Å². The average Bonchev–Trinajstić information content (AvgIpc) is 2.66. The van der Waals surface area contributed by atoms with Gasteiger partial charge < -0.3 is 15.2 Å². The molecule has 2 amide bonds. The molecule has 0 aliphatic rings. The van der Waals surface area contributed by atoms with Crippen LogP contribution in [0.5, 0.6) is 5.75 Å². The highest BCUT2D eigenvalue weighted by molar-refractivity contribution is 6.33. The molecule has 0 aliphatic carbocycles. The van der Waals surface area contributed by atoms with Crippen molar-refractivity contribution >= 4 is 35.6 Å². The number of carbonyl (C=O) groups excluding carboxylic acids is 2. The maximum absolute atomic E-state index is 11.9. The second-order valence-corrected chi connectivity index (χ2v) is 5.61. The summed E-state index contributed by atoms with van der Waals surface area (Å²) in [6.45, 7) is -0.688. The van der Waals surface area contributed by atoms with E-state index in [1.807, 2.05) is 0 Å². The van der Waals surface area contributed by atoms with Crippen molar-refractivity contribution in [3.05, 3.63) is 64.7 Å². The highest BCUT2D eigenvalue weighted by Gasteiger charge is 2.10. The minimum atomic E-state index is -1.06. The summed E-state index contributed by atoms with van der Waals surface area (Å²) in [6, 6.07) is 13.0. The van der Waals surface area contributed by atoms with E-state index in [-0.39, 0.29) is 12.1 Å². The molecular formula is C18H16ClN3O5. The lowest BCUT2D eigenvalue weighted by atomic mass is 10.2. The Bertz CT molecular complexity index is 852. The number of hydrazone groups is 1. The fourth-order valence-electron chi connectivity index (χ4n) is 1.91. The molecular weight excluding hydrogens is 374 g/mol. The van der Waals surface area contributed by atoms with Gasteiger partial charge in [0.15, 0.2) is 6.61 Å². The van der Waals surface area contributed by atoms with Crippen LogP contribution in [0.1, 0.15) is 15.9 Å². The number of carbonyl (C=O) groups is 3. The maximum Gasteiger partial charge on any atom is 0.341 e. The van der Waals surface area contributed by atoms with Crippen LogP contribution in [-0.2, 0) is 9.59 Å². The van der Waals surface area contributed by atoms with Crippen molar-refractivity contribution in [1.29, 1.82) is 0 Å². The van der Waals surface area contributed by atoms with E-state index in [1.54, 1.807) is 48.5 Å². The molecule has 0 bridgehead atoms. The highest BCUT2D eigenvalue weighted by Crippen LogP contribution is 2.14. The van der Waals surface area contributed by atoms with Crippen LogP contribution in [0, 0.1) is 0 Å². The topological polar surface area (TPSA) is 117 Å². The Hall–Kier alpha value is -3.39. The van der Waals surface area contributed by atoms with E-state index < -0.39 is 24.4 Å². The third kappa shape index (κ3) is 6.79. The quantitative estimate of drug-likeness (QED) is 0.469. The molecule has 0 atom stereocenters. The van der Waals surface area contributed by atoms with E-state index in [2.05, 4.69) is 15.8 Å². The van der Waals surface area contributed by atoms with Gasteiger partial charge in [-0.1, -0.05) is 23.7 Å². The molecule has 2 rings (SSSR count). The number of nitrogens with one attached hydrogen (secondary N) is 2. The van der Waals surface area contributed by atoms with Gasteiger partial charge in [0.25, 0.3) is 11.8 Å². The summed E-state index contributed by atoms with van der Waals surface area (Å²) >= 11 is 5.91. The molecule has 3 N–H and O–H groups in total. The van der Waals surface area contributed by atoms with Gasteiger partial charge in [0, 0.05) is 0 Å². The fraction of sp³-hybridized carbons (Fsp3) is 0.111. The summed E-state index contributed by atoms with van der Waals surface area (Å²) in [5, 5.41) is 15.1. The van der Waals surface area contributed by atoms with Crippen molar-refractivity contribution in [2.24, 2.45) is 5.10 Å². The number of nitrogens with zero attached hydrogens (tertiary/aromatic N) is 1. The zero-order valence-corrected chi connectivity index (χ0v) is 14.8. The number of rotatable bonds is 8. The Morgan fingerprint density at radius 3 is 2.48 bits per heavy atom. The first kappa shape index (κ1) is 19.9. The van der Waals surface area contributed by atoms with Gasteiger partial charge in [-0.2, -0.15) is 5.10 Å². The number of benzene rings is 2. The third-order valence-electron chi connectivity index (χ3n) is 3.17. The van der Waals surface area contributed by atoms with Crippen molar-refractivity contribution in [3.63, 3.8) is 0 Å². The first-order valence-electron chi connectivity index (χ1n) is 7.75. The number of aliphatic carboxylic acids is 1. The second kappa shape index (κ2) is 9.93. The number of hydrogen-bond donors (Lipinski definition) is 3. The van der Waals surface area contributed by atoms with Crippen LogP contribution < -0.4 is 15.5 Å². The smallest absolute Gasteiger partial charge is 0.341 e. The van der Waals surface area contributed by atoms with Gasteiger partial charge in [-0.05, 0) is 42.0 Å². The first-order valence-corrected chi connectivity index (χ1v) is 8.13. The van der Waals surface area contributed by atoms with E-state index in [0.717, 1.165) is 0 Å². The van der Waals surface area contributed by atoms with E-state index in [0.29, 0.717) is 16.3 Å². The number of carboxylic acids is 1. The van der Waals surface area contributed by atoms with Crippen molar-refractivity contribution in [2.45, 2.75) is 0 Å². The van der Waals surface area contributed by atoms with E-state index >= 15 is 0 Å². The normalized spacial score (nSPS) is 10.4. The van der Waals surface area contributed by atoms with Crippen LogP contribution in [0.3, 0.4) is 0 Å². The monoisotopic (exact) mass is 389 g/mol. The summed E-state index contributed by atoms with van der Waals surface area (Å²) in [7, 11) is 0. The average molecular weight is 390 g/mol. The maximum atomic E-state index is 11.9. The van der Waals surface area contributed by atoms with Gasteiger partial charge >= 0.3 is 5.97 Å². The molecule has 0 unspecified atom stereocenters. The van der Waals surface area contributed by atoms with Crippen LogP contribution in [0.25, 0.3) is 0 Å². The summed E-state index contributed by atoms with van der Waals surface area (Å²) in [6.07, 6.45) is 1.40. The van der Waals surface area contributed by atoms with Crippen molar-refractivity contribution in [1.82, 2.24) is 10.7 Å². The molecule has 0 spiro atoms. The molecule has 2 aromatic rings. The van der Waals surface area contributed by atoms with Crippen LogP contribution >= 0.6 is 11.6 Å². The van der Waals surface area contributed by atoms with Gasteiger partial charge in [-0.15, -0.1) is 0 Å². The molecule has 0 fully saturated rings. The molecule has 27 heavy (non-hydrogen) atoms. The van der Waals surface area contributed by atoms with Crippen LogP contribution in [0.15, 0.2) is 53.6 Å². The van der Waals surface area contributed by atoms with E-state index in [4.69, 9.17) is 21.4 Å². The number of amides is 2. The van der Waals surface area contributed by atoms with E-state index in [1.165, 1.54) is 6.21 Å². The summed E-state index contributed by atoms with van der Waals surface area (Å²) in [4.78, 5) is 34.1. The van der Waals surface area contributed by atoms with Crippen molar-refractivity contribution < 1.29 is 24.2 Å². The Kier molecular flexibility index (Phi) is 7.33. The van der Waals surface area contributed by atoms with Gasteiger partial charge in [-0.25, -0.2) is 10.2 Å². The molecule has 0 aromatic heterocycles. The lowest BCUT2D eigenvalue weighted by Crippen LogP contribution is -2.35. The lowest BCUT2D eigenvalue weighted by Gasteiger charge is -2.05. The predicted molar refractivity (Wildman–Crippen MR) is 99.1 cm³/mol. The van der Waals surface area contributed by atoms with Crippen molar-refractivity contribution in [3.8, 4) is 5.75 Å². The summed E-state index contributed by atoms with van der Waals surface area (Å²) in [5.41, 5.74) is 3.22. The van der Waals surface area contributed by atoms with Gasteiger partial charge in [0.05, 0.1) is 23.3 Å². The van der Waals surface area contributed by atoms with Crippen LogP contribution in [-0.4, -0.2) is 42.3 Å². The molecule has 8 nitrogen and oxygen atoms in total. The highest BCUT2D eigenvalue weighted by atomic mass is 35.5. The van der Waals surface area contributed by atoms with Gasteiger partial charge in [0.1, 0.15) is 5.75 Å². The zero-order chi connectivity index (χ0) is 19.6. The number of ether oxygens (including phenoxy) is 1. The summed E-state index contributed by atoms with van der Waals surface area (Å²) in [5.74, 6) is -1.63. The molecule has 140 valence electrons. The molecule has 9 heteroatoms. The Morgan fingerprint density at radius 2 is 1.81 bits per heavy atom. The van der Waals surface area contributed by atoms with Crippen molar-refractivity contribution in [2.75, 3.05) is 13.2 Å². The number of halogens is 1. The molecule has 0 saturated heterocycles. The zero-order valence-electron chi connectivity index (χ0n) is 14.0. The second-order valence-electron chi connectivity index (χ2n) is 5.21. The molecule has 0 heterocycles. The Labute approximate surface area is 159 Å². The van der Waals surface area contributed by atoms with Crippen LogP contribution in [0.4, 0.5) is 0 Å². The number of carboxylic acid groups (broad SMARTS) is 1. The first-order chi connectivity index (χ1) is 13.0. The molecule has 0 radical (unpaired) electrons. The number of hydrogen-bond acceptors (Lipinski definition) is 5. The standard InChI is InChI=1S/C18H16ClN3O5/c19-15-4-2-1-3-14(15)18(26)20-10-16(23)22-21-9-12-5-7-13(8-6-12)27-11-17(24)25/h1-9H,10-11H2,(H,20,26)(H,22,23)(H,24,25)/b21-9+. The van der Waals surface area contributed by atoms with E-state index in [9.17, 15) is 14.4 Å².